The van der Waals surface area contributed by atoms with Gasteiger partial charge in [-0.3, -0.25) is 9.59 Å². The molecule has 0 spiro atoms. The monoisotopic (exact) mass is 315 g/mol. The van der Waals surface area contributed by atoms with Gasteiger partial charge < -0.3 is 20.1 Å². The van der Waals surface area contributed by atoms with Gasteiger partial charge in [0, 0.05) is 44.5 Å². The minimum absolute atomic E-state index is 0.0311. The molecule has 2 aromatic rings. The second kappa shape index (κ2) is 6.37. The first-order valence-corrected chi connectivity index (χ1v) is 7.70. The molecular formula is C16H21N5O2. The topological polar surface area (TPSA) is 81.3 Å². The van der Waals surface area contributed by atoms with Gasteiger partial charge in [0.15, 0.2) is 0 Å². The van der Waals surface area contributed by atoms with E-state index in [4.69, 9.17) is 0 Å². The number of carbonyl (C=O) groups excluding carboxylic acids is 2. The standard InChI is InChI=1S/C16H21N5O2/c1-17-16(23)13-10-20(2)6-7-21(13)14(22)8-11-9-19-15-12(11)4-3-5-18-15/h3-5,9,13H,6-8,10H2,1-2H3,(H,17,23)(H,18,19). The molecule has 1 atom stereocenters. The number of H-pyrrole nitrogens is 1. The molecule has 2 aromatic heterocycles. The fourth-order valence-corrected chi connectivity index (χ4v) is 3.03. The number of fused-ring (bicyclic) bond motifs is 1. The van der Waals surface area contributed by atoms with Crippen LogP contribution in [0.4, 0.5) is 0 Å². The SMILES string of the molecule is CNC(=O)C1CN(C)CCN1C(=O)Cc1c[nH]c2ncccc12. The van der Waals surface area contributed by atoms with E-state index < -0.39 is 6.04 Å². The molecule has 0 aliphatic carbocycles. The Labute approximate surface area is 134 Å². The molecule has 1 aliphatic rings. The van der Waals surface area contributed by atoms with Crippen molar-refractivity contribution >= 4 is 22.8 Å². The highest BCUT2D eigenvalue weighted by Crippen LogP contribution is 2.18. The summed E-state index contributed by atoms with van der Waals surface area (Å²) in [6, 6.07) is 3.37. The summed E-state index contributed by atoms with van der Waals surface area (Å²) < 4.78 is 0. The zero-order chi connectivity index (χ0) is 16.4. The predicted octanol–water partition coefficient (Wildman–Crippen LogP) is -0.00600. The third kappa shape index (κ3) is 3.05. The van der Waals surface area contributed by atoms with E-state index in [0.29, 0.717) is 13.1 Å². The average molecular weight is 315 g/mol. The van der Waals surface area contributed by atoms with Gasteiger partial charge in [0.2, 0.25) is 11.8 Å². The number of hydrogen-bond acceptors (Lipinski definition) is 4. The Balaban J connectivity index is 1.79. The predicted molar refractivity (Wildman–Crippen MR) is 86.9 cm³/mol. The van der Waals surface area contributed by atoms with Gasteiger partial charge in [-0.25, -0.2) is 4.98 Å². The minimum atomic E-state index is -0.436. The Morgan fingerprint density at radius 1 is 1.43 bits per heavy atom. The summed E-state index contributed by atoms with van der Waals surface area (Å²) >= 11 is 0. The molecule has 1 fully saturated rings. The Kier molecular flexibility index (Phi) is 4.29. The number of carbonyl (C=O) groups is 2. The zero-order valence-corrected chi connectivity index (χ0v) is 13.4. The van der Waals surface area contributed by atoms with Gasteiger partial charge in [-0.05, 0) is 24.7 Å². The van der Waals surface area contributed by atoms with Crippen LogP contribution in [0.2, 0.25) is 0 Å². The number of nitrogens with one attached hydrogen (secondary N) is 2. The Morgan fingerprint density at radius 2 is 2.26 bits per heavy atom. The van der Waals surface area contributed by atoms with Crippen molar-refractivity contribution < 1.29 is 9.59 Å². The van der Waals surface area contributed by atoms with Crippen LogP contribution in [-0.2, 0) is 16.0 Å². The van der Waals surface area contributed by atoms with Crippen molar-refractivity contribution in [3.05, 3.63) is 30.1 Å². The van der Waals surface area contributed by atoms with Crippen LogP contribution in [0.1, 0.15) is 5.56 Å². The van der Waals surface area contributed by atoms with Crippen molar-refractivity contribution in [2.75, 3.05) is 33.7 Å². The third-order valence-electron chi connectivity index (χ3n) is 4.33. The molecule has 23 heavy (non-hydrogen) atoms. The van der Waals surface area contributed by atoms with Crippen LogP contribution in [0.25, 0.3) is 11.0 Å². The van der Waals surface area contributed by atoms with E-state index >= 15 is 0 Å². The van der Waals surface area contributed by atoms with E-state index in [-0.39, 0.29) is 18.2 Å². The number of rotatable bonds is 3. The number of amides is 2. The molecule has 3 heterocycles. The molecule has 3 rings (SSSR count). The fourth-order valence-electron chi connectivity index (χ4n) is 3.03. The number of piperazine rings is 1. The second-order valence-electron chi connectivity index (χ2n) is 5.87. The summed E-state index contributed by atoms with van der Waals surface area (Å²) in [6.07, 6.45) is 3.80. The molecule has 1 aliphatic heterocycles. The van der Waals surface area contributed by atoms with Gasteiger partial charge >= 0.3 is 0 Å². The molecule has 122 valence electrons. The highest BCUT2D eigenvalue weighted by atomic mass is 16.2. The van der Waals surface area contributed by atoms with E-state index in [2.05, 4.69) is 20.2 Å². The summed E-state index contributed by atoms with van der Waals surface area (Å²) in [5, 5.41) is 3.60. The zero-order valence-electron chi connectivity index (χ0n) is 13.4. The lowest BCUT2D eigenvalue weighted by Gasteiger charge is -2.38. The van der Waals surface area contributed by atoms with Crippen LogP contribution in [0, 0.1) is 0 Å². The normalized spacial score (nSPS) is 19.0. The highest BCUT2D eigenvalue weighted by molar-refractivity contribution is 5.91. The lowest BCUT2D eigenvalue weighted by Crippen LogP contribution is -2.59. The van der Waals surface area contributed by atoms with Gasteiger partial charge in [-0.2, -0.15) is 0 Å². The molecule has 1 saturated heterocycles. The number of pyridine rings is 1. The number of likely N-dealkylation sites (N-methyl/N-ethyl adjacent to an activating group) is 2. The molecule has 0 radical (unpaired) electrons. The molecule has 7 nitrogen and oxygen atoms in total. The van der Waals surface area contributed by atoms with E-state index in [9.17, 15) is 9.59 Å². The van der Waals surface area contributed by atoms with Crippen molar-refractivity contribution in [2.45, 2.75) is 12.5 Å². The van der Waals surface area contributed by atoms with Crippen LogP contribution in [0.3, 0.4) is 0 Å². The van der Waals surface area contributed by atoms with E-state index in [1.165, 1.54) is 0 Å². The molecule has 1 unspecified atom stereocenters. The molecule has 2 N–H and O–H groups in total. The van der Waals surface area contributed by atoms with Crippen molar-refractivity contribution in [1.82, 2.24) is 25.1 Å². The lowest BCUT2D eigenvalue weighted by molar-refractivity contribution is -0.142. The van der Waals surface area contributed by atoms with Gasteiger partial charge in [0.25, 0.3) is 0 Å². The van der Waals surface area contributed by atoms with E-state index in [1.807, 2.05) is 25.4 Å². The fraction of sp³-hybridized carbons (Fsp3) is 0.438. The molecule has 0 saturated carbocycles. The lowest BCUT2D eigenvalue weighted by atomic mass is 10.1. The van der Waals surface area contributed by atoms with E-state index in [0.717, 1.165) is 23.1 Å². The highest BCUT2D eigenvalue weighted by Gasteiger charge is 2.33. The smallest absolute Gasteiger partial charge is 0.243 e. The number of hydrogen-bond donors (Lipinski definition) is 2. The Morgan fingerprint density at radius 3 is 3.04 bits per heavy atom. The Bertz CT molecular complexity index is 726. The van der Waals surface area contributed by atoms with Crippen molar-refractivity contribution in [3.63, 3.8) is 0 Å². The first-order valence-electron chi connectivity index (χ1n) is 7.70. The second-order valence-corrected chi connectivity index (χ2v) is 5.87. The maximum Gasteiger partial charge on any atom is 0.243 e. The van der Waals surface area contributed by atoms with Gasteiger partial charge in [0.05, 0.1) is 6.42 Å². The number of aromatic amines is 1. The molecule has 2 amide bonds. The quantitative estimate of drug-likeness (QED) is 0.835. The number of aromatic nitrogens is 2. The van der Waals surface area contributed by atoms with Crippen LogP contribution in [0.15, 0.2) is 24.5 Å². The maximum absolute atomic E-state index is 12.7. The van der Waals surface area contributed by atoms with Gasteiger partial charge in [-0.1, -0.05) is 0 Å². The van der Waals surface area contributed by atoms with Crippen LogP contribution in [-0.4, -0.2) is 71.4 Å². The van der Waals surface area contributed by atoms with Crippen molar-refractivity contribution in [2.24, 2.45) is 0 Å². The van der Waals surface area contributed by atoms with Gasteiger partial charge in [-0.15, -0.1) is 0 Å². The molecular weight excluding hydrogens is 294 g/mol. The molecule has 7 heteroatoms. The summed E-state index contributed by atoms with van der Waals surface area (Å²) in [4.78, 5) is 35.9. The summed E-state index contributed by atoms with van der Waals surface area (Å²) in [5.41, 5.74) is 1.68. The minimum Gasteiger partial charge on any atom is -0.357 e. The van der Waals surface area contributed by atoms with Crippen molar-refractivity contribution in [1.29, 1.82) is 0 Å². The van der Waals surface area contributed by atoms with Gasteiger partial charge in [0.1, 0.15) is 11.7 Å². The molecule has 0 aromatic carbocycles. The van der Waals surface area contributed by atoms with Crippen molar-refractivity contribution in [3.8, 4) is 0 Å². The Hall–Kier alpha value is -2.41. The third-order valence-corrected chi connectivity index (χ3v) is 4.33. The van der Waals surface area contributed by atoms with E-state index in [1.54, 1.807) is 18.1 Å². The summed E-state index contributed by atoms with van der Waals surface area (Å²) in [5.74, 6) is -0.151. The largest absolute Gasteiger partial charge is 0.357 e. The van der Waals surface area contributed by atoms with Crippen LogP contribution < -0.4 is 5.32 Å². The van der Waals surface area contributed by atoms with Crippen LogP contribution >= 0.6 is 0 Å². The summed E-state index contributed by atoms with van der Waals surface area (Å²) in [7, 11) is 3.56. The maximum atomic E-state index is 12.7. The number of nitrogens with zero attached hydrogens (tertiary/aromatic N) is 3. The first kappa shape index (κ1) is 15.5. The average Bonchev–Trinajstić information content (AvgIpc) is 2.97. The molecule has 0 bridgehead atoms. The first-order chi connectivity index (χ1) is 11.1. The van der Waals surface area contributed by atoms with Crippen LogP contribution in [0.5, 0.6) is 0 Å². The summed E-state index contributed by atoms with van der Waals surface area (Å²) in [6.45, 7) is 1.89.